The summed E-state index contributed by atoms with van der Waals surface area (Å²) in [5, 5.41) is 9.45. The van der Waals surface area contributed by atoms with Crippen molar-refractivity contribution in [2.24, 2.45) is 17.1 Å². The lowest BCUT2D eigenvalue weighted by atomic mass is 9.85. The molecule has 5 atom stereocenters. The molecule has 0 radical (unpaired) electrons. The molecule has 252 valence electrons. The molecular weight excluding hydrogens is 574 g/mol. The maximum absolute atomic E-state index is 13.7. The lowest BCUT2D eigenvalue weighted by Gasteiger charge is -2.36. The number of rotatable bonds is 8. The fourth-order valence-corrected chi connectivity index (χ4v) is 6.85. The Morgan fingerprint density at radius 3 is 2.11 bits per heavy atom. The average Bonchev–Trinajstić information content (AvgIpc) is 3.53. The maximum Gasteiger partial charge on any atom is 0.246 e. The smallest absolute Gasteiger partial charge is 0.246 e. The molecule has 2 aromatic rings. The molecule has 0 spiro atoms. The Morgan fingerprint density at radius 2 is 1.48 bits per heavy atom. The molecule has 8 heteroatoms. The predicted molar refractivity (Wildman–Crippen MR) is 185 cm³/mol. The average molecular weight is 632 g/mol. The summed E-state index contributed by atoms with van der Waals surface area (Å²) >= 11 is 0. The standard InChI is InChI=1S/C28H44N4O3.C10H13N/c1-18(2)17-29-19(3)25(33)31-24(28(4,5)6)27(35)32-16-10-15-23(32)26(34)30-22-14-9-12-20-11-7-8-13-21(20)22;11-10-7-3-5-8-4-1-2-6-9(8)10/h7-8,11,13,18-19,22-24,29H,9-10,12,14-17H2,1-6H3,(H,30,34)(H,31,33);1-2,4,6,10H,3,5,7,11H2. The van der Waals surface area contributed by atoms with Crippen molar-refractivity contribution in [3.8, 4) is 0 Å². The van der Waals surface area contributed by atoms with E-state index in [-0.39, 0.29) is 23.8 Å². The highest BCUT2D eigenvalue weighted by Crippen LogP contribution is 2.31. The number of fused-ring (bicyclic) bond motifs is 2. The Kier molecular flexibility index (Phi) is 12.4. The van der Waals surface area contributed by atoms with Crippen LogP contribution in [0.5, 0.6) is 0 Å². The first kappa shape index (κ1) is 35.6. The zero-order valence-corrected chi connectivity index (χ0v) is 28.9. The van der Waals surface area contributed by atoms with Gasteiger partial charge in [-0.3, -0.25) is 14.4 Å². The number of carbonyl (C=O) groups is 3. The molecule has 46 heavy (non-hydrogen) atoms. The predicted octanol–water partition coefficient (Wildman–Crippen LogP) is 5.36. The van der Waals surface area contributed by atoms with Crippen LogP contribution in [0.2, 0.25) is 0 Å². The van der Waals surface area contributed by atoms with Crippen LogP contribution in [0, 0.1) is 11.3 Å². The first-order valence-corrected chi connectivity index (χ1v) is 17.4. The Bertz CT molecular complexity index is 1340. The highest BCUT2D eigenvalue weighted by Gasteiger charge is 2.42. The van der Waals surface area contributed by atoms with Crippen molar-refractivity contribution in [3.05, 3.63) is 70.8 Å². The molecule has 1 fully saturated rings. The number of nitrogens with zero attached hydrogens (tertiary/aromatic N) is 1. The molecular formula is C38H57N5O3. The molecule has 3 amide bonds. The third-order valence-corrected chi connectivity index (χ3v) is 9.57. The molecule has 0 bridgehead atoms. The maximum atomic E-state index is 13.7. The number of hydrogen-bond donors (Lipinski definition) is 4. The van der Waals surface area contributed by atoms with Crippen molar-refractivity contribution < 1.29 is 14.4 Å². The van der Waals surface area contributed by atoms with Gasteiger partial charge in [0, 0.05) is 12.6 Å². The van der Waals surface area contributed by atoms with Crippen LogP contribution in [0.4, 0.5) is 0 Å². The minimum atomic E-state index is -0.706. The lowest BCUT2D eigenvalue weighted by molar-refractivity contribution is -0.144. The number of nitrogens with one attached hydrogen (secondary N) is 3. The molecule has 1 aliphatic heterocycles. The number of carbonyl (C=O) groups excluding carboxylic acids is 3. The first-order valence-electron chi connectivity index (χ1n) is 17.4. The summed E-state index contributed by atoms with van der Waals surface area (Å²) in [4.78, 5) is 41.7. The summed E-state index contributed by atoms with van der Waals surface area (Å²) in [6.45, 7) is 13.1. The minimum absolute atomic E-state index is 0.0176. The van der Waals surface area contributed by atoms with Gasteiger partial charge in [-0.25, -0.2) is 0 Å². The number of likely N-dealkylation sites (tertiary alicyclic amines) is 1. The zero-order valence-electron chi connectivity index (χ0n) is 28.9. The topological polar surface area (TPSA) is 117 Å². The highest BCUT2D eigenvalue weighted by molar-refractivity contribution is 5.94. The van der Waals surface area contributed by atoms with E-state index in [9.17, 15) is 14.4 Å². The van der Waals surface area contributed by atoms with Gasteiger partial charge in [0.25, 0.3) is 0 Å². The van der Waals surface area contributed by atoms with Gasteiger partial charge in [0.1, 0.15) is 12.1 Å². The molecule has 0 aromatic heterocycles. The second-order valence-corrected chi connectivity index (χ2v) is 14.9. The van der Waals surface area contributed by atoms with Crippen molar-refractivity contribution in [2.45, 2.75) is 123 Å². The van der Waals surface area contributed by atoms with E-state index in [1.807, 2.05) is 39.8 Å². The molecule has 1 heterocycles. The fourth-order valence-electron chi connectivity index (χ4n) is 6.85. The Morgan fingerprint density at radius 1 is 0.870 bits per heavy atom. The molecule has 3 aliphatic rings. The molecule has 5 N–H and O–H groups in total. The summed E-state index contributed by atoms with van der Waals surface area (Å²) in [6.07, 6.45) is 8.01. The van der Waals surface area contributed by atoms with E-state index >= 15 is 0 Å². The summed E-state index contributed by atoms with van der Waals surface area (Å²) < 4.78 is 0. The highest BCUT2D eigenvalue weighted by atomic mass is 16.2. The van der Waals surface area contributed by atoms with Crippen molar-refractivity contribution in [1.29, 1.82) is 0 Å². The Balaban J connectivity index is 0.000000363. The van der Waals surface area contributed by atoms with Gasteiger partial charge in [0.15, 0.2) is 0 Å². The third-order valence-electron chi connectivity index (χ3n) is 9.57. The number of aryl methyl sites for hydroxylation is 2. The molecule has 2 aliphatic carbocycles. The van der Waals surface area contributed by atoms with Crippen LogP contribution >= 0.6 is 0 Å². The van der Waals surface area contributed by atoms with Gasteiger partial charge in [-0.05, 0) is 98.4 Å². The quantitative estimate of drug-likeness (QED) is 0.313. The van der Waals surface area contributed by atoms with Crippen LogP contribution in [0.25, 0.3) is 0 Å². The van der Waals surface area contributed by atoms with Gasteiger partial charge in [0.2, 0.25) is 17.7 Å². The molecule has 1 saturated heterocycles. The van der Waals surface area contributed by atoms with Crippen LogP contribution < -0.4 is 21.7 Å². The van der Waals surface area contributed by atoms with E-state index in [1.54, 1.807) is 4.90 Å². The van der Waals surface area contributed by atoms with E-state index in [4.69, 9.17) is 5.73 Å². The second kappa shape index (κ2) is 16.1. The first-order chi connectivity index (χ1) is 21.9. The molecule has 0 saturated carbocycles. The molecule has 5 rings (SSSR count). The fraction of sp³-hybridized carbons (Fsp3) is 0.605. The largest absolute Gasteiger partial charge is 0.347 e. The SMILES string of the molecule is CC(C)CNC(C)C(=O)NC(C(=O)N1CCCC1C(=O)NC1CCCc2ccccc21)C(C)(C)C.NC1CCCc2ccccc21. The zero-order chi connectivity index (χ0) is 33.4. The van der Waals surface area contributed by atoms with Crippen LogP contribution in [0.3, 0.4) is 0 Å². The normalized spacial score (nSPS) is 22.1. The Labute approximate surface area is 276 Å². The van der Waals surface area contributed by atoms with E-state index < -0.39 is 23.5 Å². The minimum Gasteiger partial charge on any atom is -0.347 e. The summed E-state index contributed by atoms with van der Waals surface area (Å²) in [6, 6.07) is 15.5. The van der Waals surface area contributed by atoms with Crippen LogP contribution in [-0.4, -0.2) is 53.8 Å². The number of hydrogen-bond acceptors (Lipinski definition) is 5. The van der Waals surface area contributed by atoms with Crippen molar-refractivity contribution in [3.63, 3.8) is 0 Å². The number of amides is 3. The van der Waals surface area contributed by atoms with Gasteiger partial charge < -0.3 is 26.6 Å². The van der Waals surface area contributed by atoms with E-state index in [2.05, 4.69) is 66.2 Å². The van der Waals surface area contributed by atoms with Crippen molar-refractivity contribution in [2.75, 3.05) is 13.1 Å². The number of benzene rings is 2. The van der Waals surface area contributed by atoms with Crippen LogP contribution in [-0.2, 0) is 27.2 Å². The van der Waals surface area contributed by atoms with Crippen molar-refractivity contribution >= 4 is 17.7 Å². The molecule has 2 aromatic carbocycles. The van der Waals surface area contributed by atoms with Crippen LogP contribution in [0.1, 0.15) is 114 Å². The molecule has 8 nitrogen and oxygen atoms in total. The van der Waals surface area contributed by atoms with E-state index in [0.29, 0.717) is 24.9 Å². The summed E-state index contributed by atoms with van der Waals surface area (Å²) in [5.41, 5.74) is 10.7. The van der Waals surface area contributed by atoms with E-state index in [0.717, 1.165) is 38.6 Å². The van der Waals surface area contributed by atoms with Gasteiger partial charge >= 0.3 is 0 Å². The Hall–Kier alpha value is -3.23. The van der Waals surface area contributed by atoms with Gasteiger partial charge in [-0.2, -0.15) is 0 Å². The van der Waals surface area contributed by atoms with E-state index in [1.165, 1.54) is 35.1 Å². The van der Waals surface area contributed by atoms with Crippen LogP contribution in [0.15, 0.2) is 48.5 Å². The second-order valence-electron chi connectivity index (χ2n) is 14.9. The summed E-state index contributed by atoms with van der Waals surface area (Å²) in [7, 11) is 0. The number of nitrogens with two attached hydrogens (primary N) is 1. The van der Waals surface area contributed by atoms with Gasteiger partial charge in [0.05, 0.1) is 12.1 Å². The van der Waals surface area contributed by atoms with Crippen molar-refractivity contribution in [1.82, 2.24) is 20.9 Å². The monoisotopic (exact) mass is 631 g/mol. The van der Waals surface area contributed by atoms with Gasteiger partial charge in [-0.1, -0.05) is 83.1 Å². The third kappa shape index (κ3) is 9.19. The van der Waals surface area contributed by atoms with Gasteiger partial charge in [-0.15, -0.1) is 0 Å². The lowest BCUT2D eigenvalue weighted by Crippen LogP contribution is -2.59. The summed E-state index contributed by atoms with van der Waals surface area (Å²) in [5.74, 6) is -0.0460. The molecule has 5 unspecified atom stereocenters.